The monoisotopic (exact) mass is 220 g/mol. The van der Waals surface area contributed by atoms with Crippen LogP contribution in [0.2, 0.25) is 0 Å². The number of ether oxygens (including phenoxy) is 2. The molecule has 0 aromatic heterocycles. The van der Waals surface area contributed by atoms with Gasteiger partial charge < -0.3 is 9.47 Å². The Bertz CT molecular complexity index is 377. The number of carbonyl (C=O) groups is 1. The van der Waals surface area contributed by atoms with Gasteiger partial charge in [-0.15, -0.1) is 0 Å². The van der Waals surface area contributed by atoms with Crippen molar-refractivity contribution in [1.82, 2.24) is 0 Å². The highest BCUT2D eigenvalue weighted by molar-refractivity contribution is 5.87. The second-order valence-electron chi connectivity index (χ2n) is 3.45. The highest BCUT2D eigenvalue weighted by atomic mass is 16.5. The Morgan fingerprint density at radius 1 is 1.31 bits per heavy atom. The number of carbonyl (C=O) groups excluding carboxylic acids is 1. The Morgan fingerprint density at radius 2 is 1.94 bits per heavy atom. The number of aryl methyl sites for hydroxylation is 1. The van der Waals surface area contributed by atoms with Gasteiger partial charge >= 0.3 is 5.97 Å². The largest absolute Gasteiger partial charge is 0.464 e. The summed E-state index contributed by atoms with van der Waals surface area (Å²) in [4.78, 5) is 11.2. The Kier molecular flexibility index (Phi) is 4.58. The smallest absolute Gasteiger partial charge is 0.336 e. The normalized spacial score (nSPS) is 11.1. The van der Waals surface area contributed by atoms with Gasteiger partial charge in [0, 0.05) is 0 Å². The van der Waals surface area contributed by atoms with Gasteiger partial charge in [-0.1, -0.05) is 17.7 Å². The molecular formula is C13H16O3. The van der Waals surface area contributed by atoms with E-state index in [1.165, 1.54) is 11.8 Å². The molecule has 0 amide bonds. The molecule has 1 aromatic carbocycles. The first kappa shape index (κ1) is 12.3. The van der Waals surface area contributed by atoms with Crippen molar-refractivity contribution < 1.29 is 14.3 Å². The van der Waals surface area contributed by atoms with E-state index < -0.39 is 0 Å². The summed E-state index contributed by atoms with van der Waals surface area (Å²) in [5.41, 5.74) is 1.61. The van der Waals surface area contributed by atoms with E-state index in [4.69, 9.17) is 9.47 Å². The molecule has 86 valence electrons. The van der Waals surface area contributed by atoms with Crippen LogP contribution in [0.3, 0.4) is 0 Å². The van der Waals surface area contributed by atoms with Gasteiger partial charge in [0.25, 0.3) is 0 Å². The van der Waals surface area contributed by atoms with E-state index in [0.717, 1.165) is 0 Å². The Labute approximate surface area is 95.7 Å². The topological polar surface area (TPSA) is 35.5 Å². The van der Waals surface area contributed by atoms with Crippen LogP contribution in [0.25, 0.3) is 0 Å². The summed E-state index contributed by atoms with van der Waals surface area (Å²) in [5, 5.41) is 0. The zero-order valence-corrected chi connectivity index (χ0v) is 9.82. The van der Waals surface area contributed by atoms with Gasteiger partial charge in [-0.3, -0.25) is 0 Å². The van der Waals surface area contributed by atoms with E-state index in [-0.39, 0.29) is 5.97 Å². The predicted octanol–water partition coefficient (Wildman–Crippen LogP) is 2.84. The molecule has 0 atom stereocenters. The molecular weight excluding hydrogens is 204 g/mol. The van der Waals surface area contributed by atoms with E-state index in [2.05, 4.69) is 0 Å². The van der Waals surface area contributed by atoms with Crippen LogP contribution in [0.5, 0.6) is 5.75 Å². The van der Waals surface area contributed by atoms with Crippen molar-refractivity contribution in [2.45, 2.75) is 20.8 Å². The first-order valence-corrected chi connectivity index (χ1v) is 5.20. The zero-order valence-electron chi connectivity index (χ0n) is 9.82. The summed E-state index contributed by atoms with van der Waals surface area (Å²) in [5.74, 6) is 0.351. The fourth-order valence-corrected chi connectivity index (χ4v) is 1.07. The van der Waals surface area contributed by atoms with Crippen LogP contribution in [0.15, 0.2) is 36.1 Å². The van der Waals surface area contributed by atoms with Crippen molar-refractivity contribution in [3.05, 3.63) is 41.7 Å². The van der Waals surface area contributed by atoms with Crippen molar-refractivity contribution in [3.63, 3.8) is 0 Å². The minimum absolute atomic E-state index is 0.352. The first-order valence-electron chi connectivity index (χ1n) is 5.20. The molecule has 0 unspecified atom stereocenters. The van der Waals surface area contributed by atoms with Gasteiger partial charge in [0.05, 0.1) is 12.2 Å². The van der Waals surface area contributed by atoms with E-state index in [1.807, 2.05) is 31.2 Å². The molecule has 0 heterocycles. The van der Waals surface area contributed by atoms with Crippen LogP contribution in [0.4, 0.5) is 0 Å². The molecule has 0 spiro atoms. The molecule has 3 heteroatoms. The summed E-state index contributed by atoms with van der Waals surface area (Å²) in [6, 6.07) is 7.60. The SMILES string of the molecule is CCOC(=O)C(C)=COc1ccc(C)cc1. The van der Waals surface area contributed by atoms with Crippen LogP contribution >= 0.6 is 0 Å². The zero-order chi connectivity index (χ0) is 12.0. The van der Waals surface area contributed by atoms with Gasteiger partial charge in [-0.05, 0) is 32.9 Å². The number of rotatable bonds is 4. The quantitative estimate of drug-likeness (QED) is 0.444. The summed E-state index contributed by atoms with van der Waals surface area (Å²) < 4.78 is 10.2. The van der Waals surface area contributed by atoms with Crippen molar-refractivity contribution >= 4 is 5.97 Å². The molecule has 16 heavy (non-hydrogen) atoms. The van der Waals surface area contributed by atoms with Gasteiger partial charge in [0.15, 0.2) is 0 Å². The average molecular weight is 220 g/mol. The van der Waals surface area contributed by atoms with E-state index in [0.29, 0.717) is 17.9 Å². The van der Waals surface area contributed by atoms with Crippen LogP contribution < -0.4 is 4.74 Å². The number of hydrogen-bond donors (Lipinski definition) is 0. The number of esters is 1. The third-order valence-electron chi connectivity index (χ3n) is 1.99. The summed E-state index contributed by atoms with van der Waals surface area (Å²) >= 11 is 0. The van der Waals surface area contributed by atoms with Gasteiger partial charge in [0.1, 0.15) is 12.0 Å². The van der Waals surface area contributed by atoms with Crippen LogP contribution in [-0.4, -0.2) is 12.6 Å². The highest BCUT2D eigenvalue weighted by Crippen LogP contribution is 2.12. The molecule has 0 aliphatic rings. The van der Waals surface area contributed by atoms with Crippen molar-refractivity contribution in [3.8, 4) is 5.75 Å². The fourth-order valence-electron chi connectivity index (χ4n) is 1.07. The number of hydrogen-bond acceptors (Lipinski definition) is 3. The molecule has 0 saturated carbocycles. The lowest BCUT2D eigenvalue weighted by Gasteiger charge is -2.03. The molecule has 3 nitrogen and oxygen atoms in total. The second kappa shape index (κ2) is 5.95. The maximum atomic E-state index is 11.2. The summed E-state index contributed by atoms with van der Waals surface area (Å²) in [7, 11) is 0. The Hall–Kier alpha value is -1.77. The second-order valence-corrected chi connectivity index (χ2v) is 3.45. The van der Waals surface area contributed by atoms with E-state index in [9.17, 15) is 4.79 Å². The molecule has 0 saturated heterocycles. The maximum absolute atomic E-state index is 11.2. The first-order chi connectivity index (χ1) is 7.63. The molecule has 0 aliphatic heterocycles. The third-order valence-corrected chi connectivity index (χ3v) is 1.99. The van der Waals surface area contributed by atoms with Gasteiger partial charge in [0.2, 0.25) is 0 Å². The molecule has 0 bridgehead atoms. The predicted molar refractivity (Wildman–Crippen MR) is 62.2 cm³/mol. The average Bonchev–Trinajstić information content (AvgIpc) is 2.28. The lowest BCUT2D eigenvalue weighted by molar-refractivity contribution is -0.138. The molecule has 0 aliphatic carbocycles. The maximum Gasteiger partial charge on any atom is 0.336 e. The Morgan fingerprint density at radius 3 is 2.50 bits per heavy atom. The summed E-state index contributed by atoms with van der Waals surface area (Å²) in [6.45, 7) is 5.80. The minimum atomic E-state index is -0.352. The van der Waals surface area contributed by atoms with Gasteiger partial charge in [-0.25, -0.2) is 4.79 Å². The van der Waals surface area contributed by atoms with Gasteiger partial charge in [-0.2, -0.15) is 0 Å². The molecule has 0 N–H and O–H groups in total. The third kappa shape index (κ3) is 3.77. The van der Waals surface area contributed by atoms with Crippen molar-refractivity contribution in [1.29, 1.82) is 0 Å². The standard InChI is InChI=1S/C13H16O3/c1-4-15-13(14)11(3)9-16-12-7-5-10(2)6-8-12/h5-9H,4H2,1-3H3. The van der Waals surface area contributed by atoms with Crippen LogP contribution in [0.1, 0.15) is 19.4 Å². The van der Waals surface area contributed by atoms with Crippen LogP contribution in [0, 0.1) is 6.92 Å². The fraction of sp³-hybridized carbons (Fsp3) is 0.308. The lowest BCUT2D eigenvalue weighted by Crippen LogP contribution is -2.06. The van der Waals surface area contributed by atoms with Crippen LogP contribution in [-0.2, 0) is 9.53 Å². The van der Waals surface area contributed by atoms with E-state index in [1.54, 1.807) is 13.8 Å². The number of benzene rings is 1. The molecule has 0 radical (unpaired) electrons. The van der Waals surface area contributed by atoms with Crippen molar-refractivity contribution in [2.24, 2.45) is 0 Å². The lowest BCUT2D eigenvalue weighted by atomic mass is 10.2. The highest BCUT2D eigenvalue weighted by Gasteiger charge is 2.04. The minimum Gasteiger partial charge on any atom is -0.464 e. The summed E-state index contributed by atoms with van der Waals surface area (Å²) in [6.07, 6.45) is 1.41. The molecule has 0 fully saturated rings. The molecule has 1 rings (SSSR count). The van der Waals surface area contributed by atoms with Crippen molar-refractivity contribution in [2.75, 3.05) is 6.61 Å². The Balaban J connectivity index is 2.58. The van der Waals surface area contributed by atoms with E-state index >= 15 is 0 Å². The molecule has 1 aromatic rings.